The maximum absolute atomic E-state index is 11.2. The van der Waals surface area contributed by atoms with E-state index in [0.29, 0.717) is 23.8 Å². The lowest BCUT2D eigenvalue weighted by Crippen LogP contribution is -2.16. The van der Waals surface area contributed by atoms with Gasteiger partial charge >= 0.3 is 5.97 Å². The van der Waals surface area contributed by atoms with Crippen molar-refractivity contribution >= 4 is 17.7 Å². The molecule has 2 rings (SSSR count). The van der Waals surface area contributed by atoms with Crippen molar-refractivity contribution in [3.8, 4) is 0 Å². The summed E-state index contributed by atoms with van der Waals surface area (Å²) >= 11 is 1.22. The lowest BCUT2D eigenvalue weighted by molar-refractivity contribution is -0.136. The Kier molecular flexibility index (Phi) is 5.63. The van der Waals surface area contributed by atoms with Crippen LogP contribution in [0.2, 0.25) is 0 Å². The predicted molar refractivity (Wildman–Crippen MR) is 86.0 cm³/mol. The molecule has 2 aromatic rings. The molecular formula is C16H20N2O3S. The molecule has 1 aromatic carbocycles. The fraction of sp³-hybridized carbons (Fsp3) is 0.375. The summed E-state index contributed by atoms with van der Waals surface area (Å²) in [5, 5.41) is 18.6. The van der Waals surface area contributed by atoms with Crippen LogP contribution in [-0.4, -0.2) is 31.0 Å². The third-order valence-electron chi connectivity index (χ3n) is 3.32. The van der Waals surface area contributed by atoms with E-state index in [0.717, 1.165) is 5.56 Å². The third-order valence-corrected chi connectivity index (χ3v) is 4.68. The number of carboxylic acid groups (broad SMARTS) is 1. The van der Waals surface area contributed by atoms with Crippen LogP contribution in [0.15, 0.2) is 35.6 Å². The Labute approximate surface area is 134 Å². The van der Waals surface area contributed by atoms with E-state index in [1.54, 1.807) is 6.20 Å². The van der Waals surface area contributed by atoms with Crippen LogP contribution in [-0.2, 0) is 17.9 Å². The van der Waals surface area contributed by atoms with Gasteiger partial charge in [0.05, 0.1) is 12.3 Å². The minimum Gasteiger partial charge on any atom is -0.480 e. The first-order valence-electron chi connectivity index (χ1n) is 7.15. The summed E-state index contributed by atoms with van der Waals surface area (Å²) in [5.41, 5.74) is 2.85. The van der Waals surface area contributed by atoms with Gasteiger partial charge in [-0.2, -0.15) is 0 Å². The molecule has 0 fully saturated rings. The summed E-state index contributed by atoms with van der Waals surface area (Å²) in [7, 11) is 0. The second-order valence-electron chi connectivity index (χ2n) is 5.14. The van der Waals surface area contributed by atoms with E-state index in [2.05, 4.69) is 4.98 Å². The van der Waals surface area contributed by atoms with Gasteiger partial charge in [-0.3, -0.25) is 4.79 Å². The number of thioether (sulfide) groups is 1. The van der Waals surface area contributed by atoms with Crippen LogP contribution in [0.25, 0.3) is 0 Å². The number of hydrogen-bond acceptors (Lipinski definition) is 4. The van der Waals surface area contributed by atoms with Crippen molar-refractivity contribution in [2.75, 3.05) is 0 Å². The first-order valence-corrected chi connectivity index (χ1v) is 8.03. The topological polar surface area (TPSA) is 75.4 Å². The van der Waals surface area contributed by atoms with Crippen LogP contribution in [0.1, 0.15) is 30.2 Å². The van der Waals surface area contributed by atoms with E-state index in [1.165, 1.54) is 17.3 Å². The Balaban J connectivity index is 2.24. The zero-order valence-electron chi connectivity index (χ0n) is 12.7. The van der Waals surface area contributed by atoms with Gasteiger partial charge in [0, 0.05) is 12.7 Å². The molecule has 0 spiro atoms. The first-order chi connectivity index (χ1) is 10.5. The number of aliphatic hydroxyl groups is 1. The second-order valence-corrected chi connectivity index (χ2v) is 6.31. The maximum atomic E-state index is 11.2. The molecule has 1 aromatic heterocycles. The predicted octanol–water partition coefficient (Wildman–Crippen LogP) is 2.69. The Hall–Kier alpha value is -1.79. The van der Waals surface area contributed by atoms with E-state index in [4.69, 9.17) is 0 Å². The molecule has 6 heteroatoms. The monoisotopic (exact) mass is 320 g/mol. The number of aryl methyl sites for hydroxylation is 1. The number of carbonyl (C=O) groups is 1. The van der Waals surface area contributed by atoms with Gasteiger partial charge in [-0.25, -0.2) is 4.98 Å². The SMILES string of the molecule is CCC(Sc1nc(CO)cn1Cc1ccc(C)cc1)C(=O)O. The van der Waals surface area contributed by atoms with Crippen molar-refractivity contribution in [1.29, 1.82) is 0 Å². The van der Waals surface area contributed by atoms with Crippen molar-refractivity contribution in [3.05, 3.63) is 47.3 Å². The Bertz CT molecular complexity index is 637. The average molecular weight is 320 g/mol. The van der Waals surface area contributed by atoms with Crippen LogP contribution < -0.4 is 0 Å². The van der Waals surface area contributed by atoms with Gasteiger partial charge in [0.2, 0.25) is 0 Å². The molecule has 0 saturated carbocycles. The van der Waals surface area contributed by atoms with Gasteiger partial charge in [0.15, 0.2) is 5.16 Å². The highest BCUT2D eigenvalue weighted by Gasteiger charge is 2.20. The lowest BCUT2D eigenvalue weighted by Gasteiger charge is -2.11. The molecule has 0 bridgehead atoms. The molecule has 5 nitrogen and oxygen atoms in total. The third kappa shape index (κ3) is 4.11. The van der Waals surface area contributed by atoms with Gasteiger partial charge in [-0.1, -0.05) is 48.5 Å². The molecule has 0 aliphatic carbocycles. The maximum Gasteiger partial charge on any atom is 0.317 e. The van der Waals surface area contributed by atoms with E-state index in [1.807, 2.05) is 42.7 Å². The van der Waals surface area contributed by atoms with E-state index in [9.17, 15) is 15.0 Å². The summed E-state index contributed by atoms with van der Waals surface area (Å²) in [4.78, 5) is 15.5. The van der Waals surface area contributed by atoms with E-state index < -0.39 is 11.2 Å². The number of rotatable bonds is 7. The van der Waals surface area contributed by atoms with Crippen LogP contribution in [0.5, 0.6) is 0 Å². The normalized spacial score (nSPS) is 12.3. The molecular weight excluding hydrogens is 300 g/mol. The van der Waals surface area contributed by atoms with Crippen LogP contribution in [0, 0.1) is 6.92 Å². The zero-order valence-corrected chi connectivity index (χ0v) is 13.5. The molecule has 2 N–H and O–H groups in total. The number of imidazole rings is 1. The van der Waals surface area contributed by atoms with Crippen LogP contribution in [0.3, 0.4) is 0 Å². The fourth-order valence-electron chi connectivity index (χ4n) is 2.06. The summed E-state index contributed by atoms with van der Waals surface area (Å²) in [6.45, 7) is 4.32. The number of benzene rings is 1. The number of nitrogens with zero attached hydrogens (tertiary/aromatic N) is 2. The van der Waals surface area contributed by atoms with Gasteiger partial charge in [0.1, 0.15) is 5.25 Å². The van der Waals surface area contributed by atoms with Crippen LogP contribution in [0.4, 0.5) is 0 Å². The Morgan fingerprint density at radius 3 is 2.59 bits per heavy atom. The van der Waals surface area contributed by atoms with Crippen molar-refractivity contribution in [3.63, 3.8) is 0 Å². The zero-order chi connectivity index (χ0) is 16.1. The number of carboxylic acids is 1. The minimum atomic E-state index is -0.845. The highest BCUT2D eigenvalue weighted by Crippen LogP contribution is 2.26. The molecule has 1 heterocycles. The average Bonchev–Trinajstić information content (AvgIpc) is 2.88. The molecule has 1 atom stereocenters. The van der Waals surface area contributed by atoms with Gasteiger partial charge in [0.25, 0.3) is 0 Å². The van der Waals surface area contributed by atoms with Gasteiger partial charge in [-0.15, -0.1) is 0 Å². The highest BCUT2D eigenvalue weighted by atomic mass is 32.2. The van der Waals surface area contributed by atoms with Gasteiger partial charge < -0.3 is 14.8 Å². The van der Waals surface area contributed by atoms with E-state index >= 15 is 0 Å². The molecule has 0 saturated heterocycles. The number of aliphatic carboxylic acids is 1. The molecule has 0 amide bonds. The Morgan fingerprint density at radius 2 is 2.05 bits per heavy atom. The van der Waals surface area contributed by atoms with Crippen molar-refractivity contribution in [2.24, 2.45) is 0 Å². The Morgan fingerprint density at radius 1 is 1.36 bits per heavy atom. The molecule has 0 aliphatic heterocycles. The second kappa shape index (κ2) is 7.47. The number of aromatic nitrogens is 2. The molecule has 0 aliphatic rings. The smallest absolute Gasteiger partial charge is 0.317 e. The lowest BCUT2D eigenvalue weighted by atomic mass is 10.1. The number of hydrogen-bond donors (Lipinski definition) is 2. The highest BCUT2D eigenvalue weighted by molar-refractivity contribution is 8.00. The van der Waals surface area contributed by atoms with Crippen molar-refractivity contribution in [2.45, 2.75) is 43.8 Å². The van der Waals surface area contributed by atoms with Crippen LogP contribution >= 0.6 is 11.8 Å². The molecule has 22 heavy (non-hydrogen) atoms. The summed E-state index contributed by atoms with van der Waals surface area (Å²) in [6, 6.07) is 8.16. The summed E-state index contributed by atoms with van der Waals surface area (Å²) in [5.74, 6) is -0.845. The summed E-state index contributed by atoms with van der Waals surface area (Å²) < 4.78 is 1.90. The number of aliphatic hydroxyl groups excluding tert-OH is 1. The molecule has 1 unspecified atom stereocenters. The standard InChI is InChI=1S/C16H20N2O3S/c1-3-14(15(20)21)22-16-17-13(10-19)9-18(16)8-12-6-4-11(2)5-7-12/h4-7,9,14,19H,3,8,10H2,1-2H3,(H,20,21). The fourth-order valence-corrected chi connectivity index (χ4v) is 3.00. The first kappa shape index (κ1) is 16.6. The molecule has 0 radical (unpaired) electrons. The van der Waals surface area contributed by atoms with Crippen molar-refractivity contribution in [1.82, 2.24) is 9.55 Å². The quantitative estimate of drug-likeness (QED) is 0.767. The van der Waals surface area contributed by atoms with Crippen molar-refractivity contribution < 1.29 is 15.0 Å². The minimum absolute atomic E-state index is 0.154. The summed E-state index contributed by atoms with van der Waals surface area (Å²) in [6.07, 6.45) is 2.29. The molecule has 118 valence electrons. The largest absolute Gasteiger partial charge is 0.480 e. The van der Waals surface area contributed by atoms with Gasteiger partial charge in [-0.05, 0) is 18.9 Å². The van der Waals surface area contributed by atoms with E-state index in [-0.39, 0.29) is 6.61 Å².